The van der Waals surface area contributed by atoms with Crippen molar-refractivity contribution in [3.05, 3.63) is 54.2 Å². The number of rotatable bonds is 5. The number of aromatic nitrogens is 3. The summed E-state index contributed by atoms with van der Waals surface area (Å²) in [5.41, 5.74) is 5.42. The van der Waals surface area contributed by atoms with Crippen LogP contribution in [-0.4, -0.2) is 27.4 Å². The van der Waals surface area contributed by atoms with Gasteiger partial charge in [-0.3, -0.25) is 9.78 Å². The van der Waals surface area contributed by atoms with Crippen molar-refractivity contribution in [2.75, 3.05) is 11.4 Å². The molecule has 0 bridgehead atoms. The predicted octanol–water partition coefficient (Wildman–Crippen LogP) is 5.59. The molecule has 4 aromatic rings. The minimum Gasteiger partial charge on any atom is -0.338 e. The number of H-pyrrole nitrogens is 1. The topological polar surface area (TPSA) is 61.9 Å². The van der Waals surface area contributed by atoms with Crippen molar-refractivity contribution in [1.29, 1.82) is 0 Å². The highest BCUT2D eigenvalue weighted by Gasteiger charge is 2.43. The summed E-state index contributed by atoms with van der Waals surface area (Å²) in [6, 6.07) is 14.4. The van der Waals surface area contributed by atoms with Crippen LogP contribution < -0.4 is 4.90 Å². The molecular formula is C25H26N4O. The third kappa shape index (κ3) is 2.88. The van der Waals surface area contributed by atoms with Gasteiger partial charge in [0.1, 0.15) is 5.82 Å². The van der Waals surface area contributed by atoms with E-state index >= 15 is 0 Å². The molecule has 0 spiro atoms. The molecule has 2 aromatic heterocycles. The summed E-state index contributed by atoms with van der Waals surface area (Å²) in [4.78, 5) is 27.8. The molecule has 5 nitrogen and oxygen atoms in total. The summed E-state index contributed by atoms with van der Waals surface area (Å²) < 4.78 is 0. The average Bonchev–Trinajstić information content (AvgIpc) is 3.25. The van der Waals surface area contributed by atoms with E-state index in [2.05, 4.69) is 41.2 Å². The molecule has 30 heavy (non-hydrogen) atoms. The van der Waals surface area contributed by atoms with Gasteiger partial charge in [-0.2, -0.15) is 0 Å². The van der Waals surface area contributed by atoms with Gasteiger partial charge in [-0.05, 0) is 62.2 Å². The van der Waals surface area contributed by atoms with Gasteiger partial charge in [0.2, 0.25) is 5.91 Å². The van der Waals surface area contributed by atoms with E-state index < -0.39 is 5.41 Å². The number of benzene rings is 2. The smallest absolute Gasteiger partial charge is 0.237 e. The molecule has 1 N–H and O–H groups in total. The van der Waals surface area contributed by atoms with E-state index in [1.54, 1.807) is 6.20 Å². The van der Waals surface area contributed by atoms with Crippen LogP contribution in [0.25, 0.3) is 33.3 Å². The molecule has 5 heteroatoms. The summed E-state index contributed by atoms with van der Waals surface area (Å²) in [5, 5.41) is 1.09. The number of pyridine rings is 1. The molecule has 0 fully saturated rings. The van der Waals surface area contributed by atoms with Gasteiger partial charge < -0.3 is 9.88 Å². The number of fused-ring (bicyclic) bond motifs is 3. The van der Waals surface area contributed by atoms with Crippen LogP contribution in [0, 0.1) is 0 Å². The standard InChI is InChI=1S/C25H26N4O/c1-4-5-6-12-29-22-15-21-20(14-18(22)25(2,3)24(29)30)27-23(28-21)17-9-10-19-16(13-17)8-7-11-26-19/h7-11,13-15H,4-6,12H2,1-3H3,(H,27,28). The molecule has 0 radical (unpaired) electrons. The molecule has 0 unspecified atom stereocenters. The van der Waals surface area contributed by atoms with E-state index in [-0.39, 0.29) is 5.91 Å². The number of unbranched alkanes of at least 4 members (excludes halogenated alkanes) is 2. The van der Waals surface area contributed by atoms with Crippen molar-refractivity contribution in [3.8, 4) is 11.4 Å². The summed E-state index contributed by atoms with van der Waals surface area (Å²) >= 11 is 0. The zero-order valence-corrected chi connectivity index (χ0v) is 17.7. The van der Waals surface area contributed by atoms with Crippen molar-refractivity contribution in [2.45, 2.75) is 45.4 Å². The first-order valence-corrected chi connectivity index (χ1v) is 10.7. The Morgan fingerprint density at radius 1 is 1.07 bits per heavy atom. The van der Waals surface area contributed by atoms with E-state index in [1.807, 2.05) is 36.9 Å². The van der Waals surface area contributed by atoms with Gasteiger partial charge in [0.15, 0.2) is 0 Å². The van der Waals surface area contributed by atoms with Gasteiger partial charge in [-0.15, -0.1) is 0 Å². The molecule has 0 aliphatic carbocycles. The Balaban J connectivity index is 1.58. The van der Waals surface area contributed by atoms with Crippen LogP contribution in [0.1, 0.15) is 45.6 Å². The Bertz CT molecular complexity index is 1270. The fraction of sp³-hybridized carbons (Fsp3) is 0.320. The maximum absolute atomic E-state index is 13.1. The van der Waals surface area contributed by atoms with Crippen LogP contribution >= 0.6 is 0 Å². The maximum Gasteiger partial charge on any atom is 0.237 e. The molecule has 5 rings (SSSR count). The summed E-state index contributed by atoms with van der Waals surface area (Å²) in [7, 11) is 0. The minimum atomic E-state index is -0.518. The average molecular weight is 399 g/mol. The van der Waals surface area contributed by atoms with Gasteiger partial charge in [0, 0.05) is 23.7 Å². The van der Waals surface area contributed by atoms with E-state index in [4.69, 9.17) is 4.98 Å². The Hall–Kier alpha value is -3.21. The molecule has 1 amide bonds. The molecular weight excluding hydrogens is 372 g/mol. The van der Waals surface area contributed by atoms with Gasteiger partial charge in [-0.1, -0.05) is 25.8 Å². The predicted molar refractivity (Wildman–Crippen MR) is 122 cm³/mol. The second-order valence-corrected chi connectivity index (χ2v) is 8.67. The molecule has 1 aliphatic rings. The lowest BCUT2D eigenvalue weighted by Gasteiger charge is -2.20. The molecule has 3 heterocycles. The summed E-state index contributed by atoms with van der Waals surface area (Å²) in [6.45, 7) is 6.99. The molecule has 152 valence electrons. The highest BCUT2D eigenvalue weighted by molar-refractivity contribution is 6.09. The number of amides is 1. The second kappa shape index (κ2) is 6.94. The highest BCUT2D eigenvalue weighted by Crippen LogP contribution is 2.43. The molecule has 0 atom stereocenters. The molecule has 0 saturated carbocycles. The number of hydrogen-bond donors (Lipinski definition) is 1. The van der Waals surface area contributed by atoms with E-state index in [1.165, 1.54) is 0 Å². The Morgan fingerprint density at radius 2 is 1.93 bits per heavy atom. The largest absolute Gasteiger partial charge is 0.338 e. The third-order valence-electron chi connectivity index (χ3n) is 6.21. The normalized spacial score (nSPS) is 15.3. The minimum absolute atomic E-state index is 0.184. The molecule has 2 aromatic carbocycles. The summed E-state index contributed by atoms with van der Waals surface area (Å²) in [5.74, 6) is 1.02. The van der Waals surface area contributed by atoms with Gasteiger partial charge >= 0.3 is 0 Å². The zero-order chi connectivity index (χ0) is 20.9. The van der Waals surface area contributed by atoms with Gasteiger partial charge in [0.05, 0.1) is 27.7 Å². The van der Waals surface area contributed by atoms with Gasteiger partial charge in [0.25, 0.3) is 0 Å². The Morgan fingerprint density at radius 3 is 2.77 bits per heavy atom. The first kappa shape index (κ1) is 18.8. The number of carbonyl (C=O) groups is 1. The van der Waals surface area contributed by atoms with E-state index in [0.717, 1.165) is 70.4 Å². The van der Waals surface area contributed by atoms with E-state index in [0.29, 0.717) is 0 Å². The maximum atomic E-state index is 13.1. The van der Waals surface area contributed by atoms with Crippen molar-refractivity contribution in [1.82, 2.24) is 15.0 Å². The zero-order valence-electron chi connectivity index (χ0n) is 17.7. The van der Waals surface area contributed by atoms with Crippen LogP contribution in [0.5, 0.6) is 0 Å². The van der Waals surface area contributed by atoms with Gasteiger partial charge in [-0.25, -0.2) is 4.98 Å². The Labute approximate surface area is 176 Å². The second-order valence-electron chi connectivity index (χ2n) is 8.67. The fourth-order valence-electron chi connectivity index (χ4n) is 4.43. The fourth-order valence-corrected chi connectivity index (χ4v) is 4.43. The van der Waals surface area contributed by atoms with Crippen molar-refractivity contribution < 1.29 is 4.79 Å². The van der Waals surface area contributed by atoms with Crippen LogP contribution in [0.2, 0.25) is 0 Å². The van der Waals surface area contributed by atoms with Crippen LogP contribution in [-0.2, 0) is 10.2 Å². The number of aromatic amines is 1. The lowest BCUT2D eigenvalue weighted by molar-refractivity contribution is -0.122. The number of anilines is 1. The first-order chi connectivity index (χ1) is 14.5. The lowest BCUT2D eigenvalue weighted by Crippen LogP contribution is -2.36. The number of hydrogen-bond acceptors (Lipinski definition) is 3. The first-order valence-electron chi connectivity index (χ1n) is 10.7. The van der Waals surface area contributed by atoms with Crippen molar-refractivity contribution in [2.24, 2.45) is 0 Å². The quantitative estimate of drug-likeness (QED) is 0.446. The SMILES string of the molecule is CCCCCN1C(=O)C(C)(C)c2cc3[nH]c(-c4ccc5ncccc5c4)nc3cc21. The monoisotopic (exact) mass is 398 g/mol. The van der Waals surface area contributed by atoms with Crippen LogP contribution in [0.15, 0.2) is 48.7 Å². The molecule has 0 saturated heterocycles. The van der Waals surface area contributed by atoms with Crippen molar-refractivity contribution >= 4 is 33.5 Å². The third-order valence-corrected chi connectivity index (χ3v) is 6.21. The van der Waals surface area contributed by atoms with Crippen LogP contribution in [0.3, 0.4) is 0 Å². The number of nitrogens with one attached hydrogen (secondary N) is 1. The highest BCUT2D eigenvalue weighted by atomic mass is 16.2. The van der Waals surface area contributed by atoms with Crippen molar-refractivity contribution in [3.63, 3.8) is 0 Å². The van der Waals surface area contributed by atoms with Crippen LogP contribution in [0.4, 0.5) is 5.69 Å². The number of carbonyl (C=O) groups excluding carboxylic acids is 1. The Kier molecular flexibility index (Phi) is 4.35. The number of nitrogens with zero attached hydrogens (tertiary/aromatic N) is 3. The van der Waals surface area contributed by atoms with E-state index in [9.17, 15) is 4.79 Å². The summed E-state index contributed by atoms with van der Waals surface area (Å²) in [6.07, 6.45) is 5.10. The molecule has 1 aliphatic heterocycles. The lowest BCUT2D eigenvalue weighted by atomic mass is 9.86. The number of imidazole rings is 1.